The molecule has 2 aliphatic carbocycles. The van der Waals surface area contributed by atoms with Crippen LogP contribution in [0.15, 0.2) is 0 Å². The van der Waals surface area contributed by atoms with E-state index in [0.717, 1.165) is 18.8 Å². The van der Waals surface area contributed by atoms with Gasteiger partial charge in [0.15, 0.2) is 0 Å². The Bertz CT molecular complexity index is 278. The van der Waals surface area contributed by atoms with Gasteiger partial charge in [0.2, 0.25) is 0 Å². The summed E-state index contributed by atoms with van der Waals surface area (Å²) in [6, 6.07) is 1.09. The highest BCUT2D eigenvalue weighted by atomic mass is 16.3. The molecule has 0 aliphatic heterocycles. The standard InChI is InChI=1S/C16H32N2O/c1-13(2)17-16(12-19)9-5-8-15(10-16)18(3)11-14-6-4-7-14/h13-15,17,19H,4-12H2,1-3H3. The zero-order chi connectivity index (χ0) is 13.9. The van der Waals surface area contributed by atoms with Crippen molar-refractivity contribution in [2.24, 2.45) is 5.92 Å². The topological polar surface area (TPSA) is 35.5 Å². The van der Waals surface area contributed by atoms with Crippen molar-refractivity contribution in [3.8, 4) is 0 Å². The van der Waals surface area contributed by atoms with Crippen molar-refractivity contribution in [2.45, 2.75) is 76.4 Å². The van der Waals surface area contributed by atoms with Crippen LogP contribution in [0, 0.1) is 5.92 Å². The monoisotopic (exact) mass is 268 g/mol. The highest BCUT2D eigenvalue weighted by Gasteiger charge is 2.38. The molecule has 112 valence electrons. The summed E-state index contributed by atoms with van der Waals surface area (Å²) in [6.45, 7) is 5.89. The van der Waals surface area contributed by atoms with Gasteiger partial charge >= 0.3 is 0 Å². The van der Waals surface area contributed by atoms with E-state index in [4.69, 9.17) is 0 Å². The second kappa shape index (κ2) is 6.55. The number of nitrogens with one attached hydrogen (secondary N) is 1. The Morgan fingerprint density at radius 2 is 2.00 bits per heavy atom. The molecule has 2 fully saturated rings. The van der Waals surface area contributed by atoms with Gasteiger partial charge in [0, 0.05) is 24.2 Å². The molecule has 3 heteroatoms. The van der Waals surface area contributed by atoms with E-state index in [9.17, 15) is 5.11 Å². The van der Waals surface area contributed by atoms with Crippen molar-refractivity contribution in [1.82, 2.24) is 10.2 Å². The maximum Gasteiger partial charge on any atom is 0.0613 e. The quantitative estimate of drug-likeness (QED) is 0.776. The Morgan fingerprint density at radius 3 is 2.53 bits per heavy atom. The van der Waals surface area contributed by atoms with Crippen LogP contribution < -0.4 is 5.32 Å². The minimum Gasteiger partial charge on any atom is -0.394 e. The van der Waals surface area contributed by atoms with Crippen LogP contribution >= 0.6 is 0 Å². The molecule has 19 heavy (non-hydrogen) atoms. The molecule has 2 N–H and O–H groups in total. The van der Waals surface area contributed by atoms with Crippen LogP contribution in [0.3, 0.4) is 0 Å². The Kier molecular flexibility index (Phi) is 5.27. The van der Waals surface area contributed by atoms with Gasteiger partial charge in [0.05, 0.1) is 6.61 Å². The van der Waals surface area contributed by atoms with Crippen molar-refractivity contribution in [3.05, 3.63) is 0 Å². The molecule has 2 unspecified atom stereocenters. The first-order chi connectivity index (χ1) is 9.04. The third-order valence-corrected chi connectivity index (χ3v) is 5.11. The average Bonchev–Trinajstić information content (AvgIpc) is 2.33. The van der Waals surface area contributed by atoms with Gasteiger partial charge in [0.1, 0.15) is 0 Å². The number of aliphatic hydroxyl groups excluding tert-OH is 1. The molecule has 0 aromatic heterocycles. The third kappa shape index (κ3) is 3.93. The lowest BCUT2D eigenvalue weighted by atomic mass is 9.77. The first kappa shape index (κ1) is 15.3. The minimum absolute atomic E-state index is 0.0367. The molecule has 0 heterocycles. The molecule has 0 radical (unpaired) electrons. The predicted octanol–water partition coefficient (Wildman–Crippen LogP) is 2.39. The second-order valence-corrected chi connectivity index (χ2v) is 7.22. The van der Waals surface area contributed by atoms with E-state index in [2.05, 4.69) is 31.1 Å². The fraction of sp³-hybridized carbons (Fsp3) is 1.00. The van der Waals surface area contributed by atoms with Gasteiger partial charge < -0.3 is 15.3 Å². The molecule has 0 aromatic rings. The fourth-order valence-corrected chi connectivity index (χ4v) is 3.87. The maximum atomic E-state index is 9.85. The summed E-state index contributed by atoms with van der Waals surface area (Å²) in [5.74, 6) is 0.938. The zero-order valence-electron chi connectivity index (χ0n) is 13.0. The van der Waals surface area contributed by atoms with Crippen molar-refractivity contribution in [3.63, 3.8) is 0 Å². The Morgan fingerprint density at radius 1 is 1.26 bits per heavy atom. The van der Waals surface area contributed by atoms with E-state index in [1.54, 1.807) is 0 Å². The summed E-state index contributed by atoms with van der Waals surface area (Å²) in [5.41, 5.74) is -0.0367. The summed E-state index contributed by atoms with van der Waals surface area (Å²) in [7, 11) is 2.28. The summed E-state index contributed by atoms with van der Waals surface area (Å²) in [5, 5.41) is 13.5. The smallest absolute Gasteiger partial charge is 0.0613 e. The molecular weight excluding hydrogens is 236 g/mol. The summed E-state index contributed by atoms with van der Waals surface area (Å²) < 4.78 is 0. The van der Waals surface area contributed by atoms with Gasteiger partial charge in [-0.1, -0.05) is 20.3 Å². The van der Waals surface area contributed by atoms with Gasteiger partial charge in [-0.2, -0.15) is 0 Å². The highest BCUT2D eigenvalue weighted by molar-refractivity contribution is 4.97. The molecule has 0 saturated heterocycles. The van der Waals surface area contributed by atoms with Gasteiger partial charge in [-0.15, -0.1) is 0 Å². The number of hydrogen-bond donors (Lipinski definition) is 2. The number of aliphatic hydroxyl groups is 1. The first-order valence-electron chi connectivity index (χ1n) is 8.13. The van der Waals surface area contributed by atoms with Crippen LogP contribution in [0.5, 0.6) is 0 Å². The molecule has 0 bridgehead atoms. The summed E-state index contributed by atoms with van der Waals surface area (Å²) in [4.78, 5) is 2.56. The lowest BCUT2D eigenvalue weighted by Gasteiger charge is -2.45. The van der Waals surface area contributed by atoms with Crippen LogP contribution in [0.4, 0.5) is 0 Å². The van der Waals surface area contributed by atoms with Gasteiger partial charge in [-0.25, -0.2) is 0 Å². The van der Waals surface area contributed by atoms with Crippen LogP contribution in [0.1, 0.15) is 58.8 Å². The molecule has 0 amide bonds. The number of hydrogen-bond acceptors (Lipinski definition) is 3. The molecule has 2 saturated carbocycles. The van der Waals surface area contributed by atoms with Gasteiger partial charge in [-0.3, -0.25) is 0 Å². The summed E-state index contributed by atoms with van der Waals surface area (Å²) in [6.07, 6.45) is 9.03. The fourth-order valence-electron chi connectivity index (χ4n) is 3.87. The molecule has 0 aromatic carbocycles. The maximum absolute atomic E-state index is 9.85. The highest BCUT2D eigenvalue weighted by Crippen LogP contribution is 2.33. The van der Waals surface area contributed by atoms with E-state index in [0.29, 0.717) is 12.1 Å². The normalized spacial score (nSPS) is 32.8. The summed E-state index contributed by atoms with van der Waals surface area (Å²) >= 11 is 0. The molecule has 2 aliphatic rings. The SMILES string of the molecule is CC(C)NC1(CO)CCCC(N(C)CC2CCC2)C1. The van der Waals surface area contributed by atoms with E-state index < -0.39 is 0 Å². The van der Waals surface area contributed by atoms with E-state index in [1.807, 2.05) is 0 Å². The number of nitrogens with zero attached hydrogens (tertiary/aromatic N) is 1. The molecular formula is C16H32N2O. The van der Waals surface area contributed by atoms with Crippen molar-refractivity contribution >= 4 is 0 Å². The van der Waals surface area contributed by atoms with Crippen molar-refractivity contribution in [2.75, 3.05) is 20.2 Å². The first-order valence-corrected chi connectivity index (χ1v) is 8.13. The van der Waals surface area contributed by atoms with Gasteiger partial charge in [-0.05, 0) is 51.5 Å². The van der Waals surface area contributed by atoms with Crippen molar-refractivity contribution in [1.29, 1.82) is 0 Å². The molecule has 2 rings (SSSR count). The van der Waals surface area contributed by atoms with Crippen LogP contribution in [-0.4, -0.2) is 47.8 Å². The predicted molar refractivity (Wildman–Crippen MR) is 80.3 cm³/mol. The Hall–Kier alpha value is -0.120. The van der Waals surface area contributed by atoms with Crippen LogP contribution in [0.25, 0.3) is 0 Å². The minimum atomic E-state index is -0.0367. The van der Waals surface area contributed by atoms with Crippen molar-refractivity contribution < 1.29 is 5.11 Å². The second-order valence-electron chi connectivity index (χ2n) is 7.22. The number of rotatable bonds is 6. The third-order valence-electron chi connectivity index (χ3n) is 5.11. The lowest BCUT2D eigenvalue weighted by molar-refractivity contribution is 0.0526. The van der Waals surface area contributed by atoms with Crippen LogP contribution in [0.2, 0.25) is 0 Å². The Labute approximate surface area is 118 Å². The zero-order valence-corrected chi connectivity index (χ0v) is 13.0. The van der Waals surface area contributed by atoms with E-state index >= 15 is 0 Å². The van der Waals surface area contributed by atoms with E-state index in [1.165, 1.54) is 38.6 Å². The Balaban J connectivity index is 1.90. The average molecular weight is 268 g/mol. The van der Waals surface area contributed by atoms with E-state index in [-0.39, 0.29) is 12.1 Å². The molecule has 2 atom stereocenters. The molecule has 0 spiro atoms. The van der Waals surface area contributed by atoms with Gasteiger partial charge in [0.25, 0.3) is 0 Å². The molecule has 3 nitrogen and oxygen atoms in total. The van der Waals surface area contributed by atoms with Crippen LogP contribution in [-0.2, 0) is 0 Å². The lowest BCUT2D eigenvalue weighted by Crippen LogP contribution is -2.57. The largest absolute Gasteiger partial charge is 0.394 e.